The third-order valence-corrected chi connectivity index (χ3v) is 6.02. The lowest BCUT2D eigenvalue weighted by Crippen LogP contribution is -2.78. The van der Waals surface area contributed by atoms with Crippen molar-refractivity contribution in [3.8, 4) is 5.75 Å². The molecule has 3 fully saturated rings. The zero-order valence-corrected chi connectivity index (χ0v) is 16.8. The van der Waals surface area contributed by atoms with Crippen LogP contribution in [0.25, 0.3) is 0 Å². The van der Waals surface area contributed by atoms with E-state index in [4.69, 9.17) is 16.3 Å². The number of benzene rings is 2. The highest BCUT2D eigenvalue weighted by Crippen LogP contribution is 2.67. The summed E-state index contributed by atoms with van der Waals surface area (Å²) in [5.74, 6) is -0.592. The standard InChI is InChI=1S/C22H22ClFN2O3/c1-14-3-2-4-15(7-14)9-25-20(28)21-11-22(12-21,13-21)26-19(27)10-29-16-5-6-17(23)18(24)8-16/h2-8H,9-13H2,1H3,(H,25,28)(H,26,27). The fourth-order valence-electron chi connectivity index (χ4n) is 4.40. The quantitative estimate of drug-likeness (QED) is 0.725. The van der Waals surface area contributed by atoms with Crippen LogP contribution in [0.5, 0.6) is 5.75 Å². The van der Waals surface area contributed by atoms with Crippen LogP contribution in [-0.2, 0) is 16.1 Å². The minimum absolute atomic E-state index is 0.00152. The Morgan fingerprint density at radius 3 is 2.62 bits per heavy atom. The molecule has 3 aliphatic carbocycles. The van der Waals surface area contributed by atoms with E-state index in [0.717, 1.165) is 17.2 Å². The van der Waals surface area contributed by atoms with E-state index in [9.17, 15) is 14.0 Å². The monoisotopic (exact) mass is 416 g/mol. The number of carbonyl (C=O) groups is 2. The smallest absolute Gasteiger partial charge is 0.258 e. The van der Waals surface area contributed by atoms with Crippen molar-refractivity contribution in [2.75, 3.05) is 6.61 Å². The van der Waals surface area contributed by atoms with Crippen LogP contribution in [-0.4, -0.2) is 24.0 Å². The van der Waals surface area contributed by atoms with Crippen LogP contribution in [0.15, 0.2) is 42.5 Å². The predicted molar refractivity (Wildman–Crippen MR) is 107 cm³/mol. The van der Waals surface area contributed by atoms with E-state index in [1.54, 1.807) is 0 Å². The molecule has 0 atom stereocenters. The van der Waals surface area contributed by atoms with Crippen molar-refractivity contribution in [2.24, 2.45) is 5.41 Å². The molecule has 152 valence electrons. The maximum absolute atomic E-state index is 13.4. The third kappa shape index (κ3) is 3.94. The van der Waals surface area contributed by atoms with Gasteiger partial charge in [-0.3, -0.25) is 9.59 Å². The average molecular weight is 417 g/mol. The lowest BCUT2D eigenvalue weighted by Gasteiger charge is -2.69. The minimum Gasteiger partial charge on any atom is -0.484 e. The Balaban J connectivity index is 1.21. The van der Waals surface area contributed by atoms with Gasteiger partial charge in [0.25, 0.3) is 5.91 Å². The molecule has 2 bridgehead atoms. The first kappa shape index (κ1) is 19.7. The molecule has 2 aromatic carbocycles. The molecule has 0 radical (unpaired) electrons. The van der Waals surface area contributed by atoms with Crippen LogP contribution in [0.1, 0.15) is 30.4 Å². The van der Waals surface area contributed by atoms with E-state index in [2.05, 4.69) is 16.7 Å². The molecule has 0 aromatic heterocycles. The van der Waals surface area contributed by atoms with Crippen LogP contribution >= 0.6 is 11.6 Å². The second-order valence-corrected chi connectivity index (χ2v) is 8.58. The molecule has 0 heterocycles. The van der Waals surface area contributed by atoms with Gasteiger partial charge in [-0.25, -0.2) is 4.39 Å². The Hall–Kier alpha value is -2.60. The van der Waals surface area contributed by atoms with Gasteiger partial charge in [-0.1, -0.05) is 41.4 Å². The second kappa shape index (κ2) is 7.34. The van der Waals surface area contributed by atoms with Crippen molar-refractivity contribution in [1.29, 1.82) is 0 Å². The Bertz CT molecular complexity index is 959. The number of halogens is 2. The zero-order chi connectivity index (χ0) is 20.6. The summed E-state index contributed by atoms with van der Waals surface area (Å²) in [7, 11) is 0. The molecule has 0 saturated heterocycles. The molecule has 29 heavy (non-hydrogen) atoms. The summed E-state index contributed by atoms with van der Waals surface area (Å²) in [5.41, 5.74) is 1.56. The van der Waals surface area contributed by atoms with Crippen LogP contribution in [0.4, 0.5) is 4.39 Å². The molecular formula is C22H22ClFN2O3. The van der Waals surface area contributed by atoms with E-state index in [1.165, 1.54) is 12.1 Å². The molecule has 5 nitrogen and oxygen atoms in total. The second-order valence-electron chi connectivity index (χ2n) is 8.18. The molecule has 7 heteroatoms. The first-order chi connectivity index (χ1) is 13.8. The summed E-state index contributed by atoms with van der Waals surface area (Å²) >= 11 is 5.62. The van der Waals surface area contributed by atoms with Gasteiger partial charge in [0, 0.05) is 18.2 Å². The third-order valence-electron chi connectivity index (χ3n) is 5.71. The Morgan fingerprint density at radius 1 is 1.17 bits per heavy atom. The van der Waals surface area contributed by atoms with Gasteiger partial charge in [-0.15, -0.1) is 0 Å². The van der Waals surface area contributed by atoms with Crippen molar-refractivity contribution in [3.05, 3.63) is 64.4 Å². The van der Waals surface area contributed by atoms with Gasteiger partial charge < -0.3 is 15.4 Å². The van der Waals surface area contributed by atoms with E-state index >= 15 is 0 Å². The molecule has 0 aliphatic heterocycles. The molecule has 2 N–H and O–H groups in total. The summed E-state index contributed by atoms with van der Waals surface area (Å²) in [4.78, 5) is 24.7. The van der Waals surface area contributed by atoms with Crippen LogP contribution in [0.3, 0.4) is 0 Å². The summed E-state index contributed by atoms with van der Waals surface area (Å²) in [6, 6.07) is 12.1. The van der Waals surface area contributed by atoms with Crippen molar-refractivity contribution in [2.45, 2.75) is 38.3 Å². The number of hydrogen-bond donors (Lipinski definition) is 2. The lowest BCUT2D eigenvalue weighted by atomic mass is 9.39. The van der Waals surface area contributed by atoms with Gasteiger partial charge in [-0.2, -0.15) is 0 Å². The van der Waals surface area contributed by atoms with E-state index in [-0.39, 0.29) is 40.1 Å². The normalized spacial score (nSPS) is 24.1. The van der Waals surface area contributed by atoms with Gasteiger partial charge in [0.15, 0.2) is 6.61 Å². The van der Waals surface area contributed by atoms with Gasteiger partial charge in [0.05, 0.1) is 10.4 Å². The molecule has 5 rings (SSSR count). The number of nitrogens with one attached hydrogen (secondary N) is 2. The average Bonchev–Trinajstić information content (AvgIpc) is 2.62. The number of aryl methyl sites for hydroxylation is 1. The maximum atomic E-state index is 13.4. The highest BCUT2D eigenvalue weighted by Gasteiger charge is 2.72. The van der Waals surface area contributed by atoms with Crippen LogP contribution in [0, 0.1) is 18.2 Å². The summed E-state index contributed by atoms with van der Waals surface area (Å²) < 4.78 is 18.7. The molecule has 2 amide bonds. The number of hydrogen-bond acceptors (Lipinski definition) is 3. The first-order valence-corrected chi connectivity index (χ1v) is 9.90. The topological polar surface area (TPSA) is 67.4 Å². The SMILES string of the molecule is Cc1cccc(CNC(=O)C23CC(NC(=O)COc4ccc(Cl)c(F)c4)(C2)C3)c1. The Morgan fingerprint density at radius 2 is 1.93 bits per heavy atom. The lowest BCUT2D eigenvalue weighted by molar-refractivity contribution is -0.184. The van der Waals surface area contributed by atoms with Crippen molar-refractivity contribution < 1.29 is 18.7 Å². The summed E-state index contributed by atoms with van der Waals surface area (Å²) in [5, 5.41) is 5.96. The van der Waals surface area contributed by atoms with Gasteiger partial charge in [0.1, 0.15) is 11.6 Å². The highest BCUT2D eigenvalue weighted by molar-refractivity contribution is 6.30. The molecular weight excluding hydrogens is 395 g/mol. The van der Waals surface area contributed by atoms with Gasteiger partial charge >= 0.3 is 0 Å². The molecule has 2 aromatic rings. The van der Waals surface area contributed by atoms with Crippen molar-refractivity contribution in [3.63, 3.8) is 0 Å². The minimum atomic E-state index is -0.595. The van der Waals surface area contributed by atoms with Crippen molar-refractivity contribution >= 4 is 23.4 Å². The number of rotatable bonds is 7. The largest absolute Gasteiger partial charge is 0.484 e. The van der Waals surface area contributed by atoms with Crippen LogP contribution in [0.2, 0.25) is 5.02 Å². The fourth-order valence-corrected chi connectivity index (χ4v) is 4.52. The van der Waals surface area contributed by atoms with Gasteiger partial charge in [-0.05, 0) is 43.9 Å². The summed E-state index contributed by atoms with van der Waals surface area (Å²) in [6.07, 6.45) is 1.92. The van der Waals surface area contributed by atoms with E-state index in [0.29, 0.717) is 25.8 Å². The number of carbonyl (C=O) groups excluding carboxylic acids is 2. The number of ether oxygens (including phenoxy) is 1. The molecule has 0 unspecified atom stereocenters. The fraction of sp³-hybridized carbons (Fsp3) is 0.364. The summed E-state index contributed by atoms with van der Waals surface area (Å²) in [6.45, 7) is 2.31. The van der Waals surface area contributed by atoms with E-state index in [1.807, 2.05) is 25.1 Å². The maximum Gasteiger partial charge on any atom is 0.258 e. The molecule has 0 spiro atoms. The Labute approximate surface area is 173 Å². The zero-order valence-electron chi connectivity index (χ0n) is 16.1. The van der Waals surface area contributed by atoms with E-state index < -0.39 is 5.82 Å². The van der Waals surface area contributed by atoms with Crippen molar-refractivity contribution in [1.82, 2.24) is 10.6 Å². The molecule has 3 saturated carbocycles. The highest BCUT2D eigenvalue weighted by atomic mass is 35.5. The first-order valence-electron chi connectivity index (χ1n) is 9.52. The molecule has 3 aliphatic rings. The van der Waals surface area contributed by atoms with Crippen LogP contribution < -0.4 is 15.4 Å². The Kier molecular flexibility index (Phi) is 4.99. The predicted octanol–water partition coefficient (Wildman–Crippen LogP) is 3.52. The van der Waals surface area contributed by atoms with Gasteiger partial charge in [0.2, 0.25) is 5.91 Å². The number of amides is 2.